The number of carbonyl (C=O) groups excluding carboxylic acids is 1. The third-order valence-electron chi connectivity index (χ3n) is 5.22. The van der Waals surface area contributed by atoms with Crippen molar-refractivity contribution in [3.8, 4) is 0 Å². The Kier molecular flexibility index (Phi) is 5.43. The zero-order chi connectivity index (χ0) is 17.4. The lowest BCUT2D eigenvalue weighted by molar-refractivity contribution is -0.137. The van der Waals surface area contributed by atoms with Gasteiger partial charge in [0, 0.05) is 33.2 Å². The van der Waals surface area contributed by atoms with E-state index in [0.717, 1.165) is 19.4 Å². The topological polar surface area (TPSA) is 66.9 Å². The van der Waals surface area contributed by atoms with Gasteiger partial charge in [-0.15, -0.1) is 0 Å². The van der Waals surface area contributed by atoms with E-state index >= 15 is 0 Å². The van der Waals surface area contributed by atoms with E-state index < -0.39 is 16.1 Å². The lowest BCUT2D eigenvalue weighted by Gasteiger charge is -2.41. The fourth-order valence-electron chi connectivity index (χ4n) is 3.63. The molecule has 2 fully saturated rings. The summed E-state index contributed by atoms with van der Waals surface area (Å²) in [6.07, 6.45) is 3.50. The van der Waals surface area contributed by atoms with E-state index in [0.29, 0.717) is 18.9 Å². The van der Waals surface area contributed by atoms with Crippen LogP contribution in [0.3, 0.4) is 0 Å². The molecule has 7 heteroatoms. The molecule has 0 saturated carbocycles. The fourth-order valence-corrected chi connectivity index (χ4v) is 4.70. The van der Waals surface area contributed by atoms with Crippen LogP contribution in [0.4, 0.5) is 0 Å². The van der Waals surface area contributed by atoms with Crippen molar-refractivity contribution in [2.45, 2.75) is 52.2 Å². The van der Waals surface area contributed by atoms with Gasteiger partial charge in [-0.25, -0.2) is 8.42 Å². The third kappa shape index (κ3) is 4.25. The molecule has 2 saturated heterocycles. The molecule has 6 nitrogen and oxygen atoms in total. The molecule has 2 rings (SSSR count). The Balaban J connectivity index is 2.14. The van der Waals surface area contributed by atoms with Crippen LogP contribution < -0.4 is 0 Å². The SMILES string of the molecule is CO[C@H]1C[C@H](C(=O)N2CCCC(C(C)(C)C)C2)N(S(C)(=O)=O)C1. The molecule has 23 heavy (non-hydrogen) atoms. The summed E-state index contributed by atoms with van der Waals surface area (Å²) in [5, 5.41) is 0. The summed E-state index contributed by atoms with van der Waals surface area (Å²) < 4.78 is 30.6. The van der Waals surface area contributed by atoms with Gasteiger partial charge in [0.15, 0.2) is 0 Å². The first-order valence-electron chi connectivity index (χ1n) is 8.32. The van der Waals surface area contributed by atoms with Gasteiger partial charge in [-0.2, -0.15) is 4.31 Å². The van der Waals surface area contributed by atoms with Crippen LogP contribution >= 0.6 is 0 Å². The van der Waals surface area contributed by atoms with Crippen molar-refractivity contribution in [1.82, 2.24) is 9.21 Å². The van der Waals surface area contributed by atoms with E-state index in [9.17, 15) is 13.2 Å². The molecule has 0 radical (unpaired) electrons. The summed E-state index contributed by atoms with van der Waals surface area (Å²) in [7, 11) is -1.85. The molecule has 0 N–H and O–H groups in total. The van der Waals surface area contributed by atoms with E-state index in [1.807, 2.05) is 4.90 Å². The Hall–Kier alpha value is -0.660. The van der Waals surface area contributed by atoms with Gasteiger partial charge in [-0.3, -0.25) is 4.79 Å². The second-order valence-corrected chi connectivity index (χ2v) is 9.87. The zero-order valence-corrected chi connectivity index (χ0v) is 15.7. The van der Waals surface area contributed by atoms with E-state index in [-0.39, 0.29) is 24.0 Å². The van der Waals surface area contributed by atoms with Gasteiger partial charge >= 0.3 is 0 Å². The van der Waals surface area contributed by atoms with Crippen molar-refractivity contribution < 1.29 is 17.9 Å². The predicted octanol–water partition coefficient (Wildman–Crippen LogP) is 1.32. The molecule has 0 aliphatic carbocycles. The number of sulfonamides is 1. The molecular formula is C16H30N2O4S. The van der Waals surface area contributed by atoms with Crippen LogP contribution in [0.5, 0.6) is 0 Å². The normalized spacial score (nSPS) is 30.7. The van der Waals surface area contributed by atoms with Crippen LogP contribution in [0, 0.1) is 11.3 Å². The molecule has 0 spiro atoms. The molecule has 3 atom stereocenters. The lowest BCUT2D eigenvalue weighted by Crippen LogP contribution is -2.51. The van der Waals surface area contributed by atoms with Gasteiger partial charge in [-0.05, 0) is 24.2 Å². The van der Waals surface area contributed by atoms with Crippen molar-refractivity contribution >= 4 is 15.9 Å². The highest BCUT2D eigenvalue weighted by atomic mass is 32.2. The Morgan fingerprint density at radius 1 is 1.22 bits per heavy atom. The van der Waals surface area contributed by atoms with Crippen LogP contribution in [-0.2, 0) is 19.6 Å². The largest absolute Gasteiger partial charge is 0.380 e. The second kappa shape index (κ2) is 6.69. The molecule has 0 aromatic carbocycles. The summed E-state index contributed by atoms with van der Waals surface area (Å²) in [6, 6.07) is -0.617. The van der Waals surface area contributed by atoms with Crippen LogP contribution in [-0.4, -0.2) is 68.7 Å². The summed E-state index contributed by atoms with van der Waals surface area (Å²) in [5.74, 6) is 0.385. The lowest BCUT2D eigenvalue weighted by atomic mass is 9.76. The molecule has 0 bridgehead atoms. The fraction of sp³-hybridized carbons (Fsp3) is 0.938. The standard InChI is InChI=1S/C16H30N2O4S/c1-16(2,3)12-7-6-8-17(10-12)15(19)14-9-13(22-4)11-18(14)23(5,20)21/h12-14H,6-11H2,1-5H3/t12?,13-,14+/m0/s1. The third-order valence-corrected chi connectivity index (χ3v) is 6.48. The van der Waals surface area contributed by atoms with Crippen molar-refractivity contribution in [1.29, 1.82) is 0 Å². The quantitative estimate of drug-likeness (QED) is 0.773. The molecule has 1 amide bonds. The number of amides is 1. The number of rotatable bonds is 3. The minimum absolute atomic E-state index is 0.0658. The minimum atomic E-state index is -3.41. The highest BCUT2D eigenvalue weighted by molar-refractivity contribution is 7.88. The average molecular weight is 346 g/mol. The Labute approximate surface area is 140 Å². The maximum absolute atomic E-state index is 13.0. The first kappa shape index (κ1) is 18.7. The van der Waals surface area contributed by atoms with Crippen molar-refractivity contribution in [2.75, 3.05) is 33.0 Å². The van der Waals surface area contributed by atoms with E-state index in [4.69, 9.17) is 4.74 Å². The zero-order valence-electron chi connectivity index (χ0n) is 14.9. The highest BCUT2D eigenvalue weighted by Gasteiger charge is 2.44. The molecule has 2 aliphatic rings. The van der Waals surface area contributed by atoms with Gasteiger partial charge in [0.25, 0.3) is 0 Å². The number of carbonyl (C=O) groups is 1. The maximum atomic E-state index is 13.0. The van der Waals surface area contributed by atoms with Crippen molar-refractivity contribution in [3.05, 3.63) is 0 Å². The number of ether oxygens (including phenoxy) is 1. The number of hydrogen-bond donors (Lipinski definition) is 0. The van der Waals surface area contributed by atoms with Crippen LogP contribution in [0.2, 0.25) is 0 Å². The molecule has 2 heterocycles. The van der Waals surface area contributed by atoms with Gasteiger partial charge in [0.1, 0.15) is 6.04 Å². The molecule has 134 valence electrons. The Bertz CT molecular complexity index is 541. The van der Waals surface area contributed by atoms with Crippen LogP contribution in [0.25, 0.3) is 0 Å². The summed E-state index contributed by atoms with van der Waals surface area (Å²) in [5.41, 5.74) is 0.153. The Morgan fingerprint density at radius 2 is 1.87 bits per heavy atom. The van der Waals surface area contributed by atoms with E-state index in [1.165, 1.54) is 10.6 Å². The minimum Gasteiger partial charge on any atom is -0.380 e. The molecule has 0 aromatic heterocycles. The first-order chi connectivity index (χ1) is 10.5. The number of methoxy groups -OCH3 is 1. The smallest absolute Gasteiger partial charge is 0.241 e. The van der Waals surface area contributed by atoms with Crippen molar-refractivity contribution in [3.63, 3.8) is 0 Å². The van der Waals surface area contributed by atoms with E-state index in [1.54, 1.807) is 7.11 Å². The molecule has 1 unspecified atom stereocenters. The van der Waals surface area contributed by atoms with Gasteiger partial charge in [-0.1, -0.05) is 20.8 Å². The molecular weight excluding hydrogens is 316 g/mol. The van der Waals surface area contributed by atoms with Gasteiger partial charge in [0.2, 0.25) is 15.9 Å². The Morgan fingerprint density at radius 3 is 2.39 bits per heavy atom. The summed E-state index contributed by atoms with van der Waals surface area (Å²) >= 11 is 0. The number of hydrogen-bond acceptors (Lipinski definition) is 4. The number of piperidine rings is 1. The average Bonchev–Trinajstić information content (AvgIpc) is 2.90. The van der Waals surface area contributed by atoms with Gasteiger partial charge < -0.3 is 9.64 Å². The predicted molar refractivity (Wildman–Crippen MR) is 89.5 cm³/mol. The maximum Gasteiger partial charge on any atom is 0.241 e. The highest BCUT2D eigenvalue weighted by Crippen LogP contribution is 2.34. The first-order valence-corrected chi connectivity index (χ1v) is 10.2. The van der Waals surface area contributed by atoms with Gasteiger partial charge in [0.05, 0.1) is 12.4 Å². The second-order valence-electron chi connectivity index (χ2n) is 7.93. The number of nitrogens with zero attached hydrogens (tertiary/aromatic N) is 2. The monoisotopic (exact) mass is 346 g/mol. The van der Waals surface area contributed by atoms with Crippen molar-refractivity contribution in [2.24, 2.45) is 11.3 Å². The summed E-state index contributed by atoms with van der Waals surface area (Å²) in [6.45, 7) is 8.30. The number of likely N-dealkylation sites (tertiary alicyclic amines) is 1. The molecule has 0 aromatic rings. The van der Waals surface area contributed by atoms with Crippen LogP contribution in [0.15, 0.2) is 0 Å². The summed E-state index contributed by atoms with van der Waals surface area (Å²) in [4.78, 5) is 14.8. The van der Waals surface area contributed by atoms with E-state index in [2.05, 4.69) is 20.8 Å². The van der Waals surface area contributed by atoms with Crippen LogP contribution in [0.1, 0.15) is 40.0 Å². The molecule has 2 aliphatic heterocycles.